The van der Waals surface area contributed by atoms with Crippen LogP contribution in [-0.2, 0) is 6.54 Å². The van der Waals surface area contributed by atoms with Gasteiger partial charge >= 0.3 is 0 Å². The van der Waals surface area contributed by atoms with E-state index < -0.39 is 0 Å². The van der Waals surface area contributed by atoms with Crippen LogP contribution < -0.4 is 10.2 Å². The van der Waals surface area contributed by atoms with Crippen molar-refractivity contribution >= 4 is 11.6 Å². The van der Waals surface area contributed by atoms with Gasteiger partial charge in [0.1, 0.15) is 18.0 Å². The first-order chi connectivity index (χ1) is 11.6. The highest BCUT2D eigenvalue weighted by Gasteiger charge is 2.19. The minimum Gasteiger partial charge on any atom is -0.367 e. The van der Waals surface area contributed by atoms with Gasteiger partial charge in [-0.3, -0.25) is 4.68 Å². The SMILES string of the molecule is Cc1cnn(CCN2CCC(Nc3cc(N(C)C)ncn3)CC2)c1. The number of hydrogen-bond donors (Lipinski definition) is 1. The van der Waals surface area contributed by atoms with Crippen LogP contribution in [0.25, 0.3) is 0 Å². The first-order valence-electron chi connectivity index (χ1n) is 8.57. The van der Waals surface area contributed by atoms with Gasteiger partial charge in [0.15, 0.2) is 0 Å². The Morgan fingerprint density at radius 3 is 2.67 bits per heavy atom. The molecule has 0 aromatic carbocycles. The van der Waals surface area contributed by atoms with Crippen LogP contribution in [0.3, 0.4) is 0 Å². The van der Waals surface area contributed by atoms with E-state index in [1.165, 1.54) is 5.56 Å². The predicted octanol–water partition coefficient (Wildman–Crippen LogP) is 1.62. The third kappa shape index (κ3) is 4.44. The number of hydrogen-bond acceptors (Lipinski definition) is 6. The van der Waals surface area contributed by atoms with Crippen LogP contribution in [0.5, 0.6) is 0 Å². The average molecular weight is 329 g/mol. The molecular weight excluding hydrogens is 302 g/mol. The van der Waals surface area contributed by atoms with Crippen LogP contribution in [-0.4, -0.2) is 64.4 Å². The van der Waals surface area contributed by atoms with E-state index in [-0.39, 0.29) is 0 Å². The summed E-state index contributed by atoms with van der Waals surface area (Å²) in [4.78, 5) is 13.1. The fourth-order valence-corrected chi connectivity index (χ4v) is 3.01. The minimum absolute atomic E-state index is 0.484. The van der Waals surface area contributed by atoms with Crippen LogP contribution in [0.2, 0.25) is 0 Å². The van der Waals surface area contributed by atoms with E-state index >= 15 is 0 Å². The van der Waals surface area contributed by atoms with Crippen molar-refractivity contribution in [2.75, 3.05) is 43.9 Å². The summed E-state index contributed by atoms with van der Waals surface area (Å²) in [7, 11) is 3.98. The van der Waals surface area contributed by atoms with Gasteiger partial charge in [0.25, 0.3) is 0 Å². The van der Waals surface area contributed by atoms with Crippen LogP contribution in [0.1, 0.15) is 18.4 Å². The number of piperidine rings is 1. The molecule has 7 nitrogen and oxygen atoms in total. The van der Waals surface area contributed by atoms with Crippen molar-refractivity contribution in [1.82, 2.24) is 24.6 Å². The Morgan fingerprint density at radius 2 is 2.00 bits per heavy atom. The first kappa shape index (κ1) is 16.7. The lowest BCUT2D eigenvalue weighted by molar-refractivity contribution is 0.209. The maximum absolute atomic E-state index is 4.35. The molecule has 2 aromatic rings. The summed E-state index contributed by atoms with van der Waals surface area (Å²) < 4.78 is 2.03. The van der Waals surface area contributed by atoms with Gasteiger partial charge in [-0.1, -0.05) is 0 Å². The lowest BCUT2D eigenvalue weighted by Gasteiger charge is -2.32. The molecule has 0 radical (unpaired) electrons. The maximum Gasteiger partial charge on any atom is 0.133 e. The second kappa shape index (κ2) is 7.61. The zero-order valence-electron chi connectivity index (χ0n) is 14.8. The minimum atomic E-state index is 0.484. The molecule has 24 heavy (non-hydrogen) atoms. The molecule has 1 aliphatic heterocycles. The molecule has 0 unspecified atom stereocenters. The zero-order chi connectivity index (χ0) is 16.9. The molecule has 130 valence electrons. The van der Waals surface area contributed by atoms with E-state index in [9.17, 15) is 0 Å². The molecule has 3 rings (SSSR count). The fraction of sp³-hybridized carbons (Fsp3) is 0.588. The predicted molar refractivity (Wildman–Crippen MR) is 96.4 cm³/mol. The highest BCUT2D eigenvalue weighted by molar-refractivity contribution is 5.47. The Labute approximate surface area is 143 Å². The topological polar surface area (TPSA) is 62.1 Å². The molecule has 0 saturated carbocycles. The fourth-order valence-electron chi connectivity index (χ4n) is 3.01. The van der Waals surface area contributed by atoms with Gasteiger partial charge in [-0.2, -0.15) is 5.10 Å². The van der Waals surface area contributed by atoms with Crippen molar-refractivity contribution in [3.63, 3.8) is 0 Å². The molecule has 2 aromatic heterocycles. The number of likely N-dealkylation sites (tertiary alicyclic amines) is 1. The Hall–Kier alpha value is -2.15. The van der Waals surface area contributed by atoms with Crippen molar-refractivity contribution in [3.05, 3.63) is 30.4 Å². The van der Waals surface area contributed by atoms with E-state index in [1.54, 1.807) is 6.33 Å². The molecule has 1 aliphatic rings. The summed E-state index contributed by atoms with van der Waals surface area (Å²) in [5.41, 5.74) is 1.22. The van der Waals surface area contributed by atoms with Crippen molar-refractivity contribution in [1.29, 1.82) is 0 Å². The smallest absolute Gasteiger partial charge is 0.133 e. The third-order valence-corrected chi connectivity index (χ3v) is 4.46. The van der Waals surface area contributed by atoms with Crippen LogP contribution in [0.15, 0.2) is 24.8 Å². The normalized spacial score (nSPS) is 16.3. The zero-order valence-corrected chi connectivity index (χ0v) is 14.8. The maximum atomic E-state index is 4.35. The van der Waals surface area contributed by atoms with Gasteiger partial charge in [0.05, 0.1) is 12.7 Å². The monoisotopic (exact) mass is 329 g/mol. The number of nitrogens with zero attached hydrogens (tertiary/aromatic N) is 6. The van der Waals surface area contributed by atoms with Crippen LogP contribution in [0.4, 0.5) is 11.6 Å². The highest BCUT2D eigenvalue weighted by atomic mass is 15.3. The average Bonchev–Trinajstić information content (AvgIpc) is 3.00. The van der Waals surface area contributed by atoms with Crippen LogP contribution in [0, 0.1) is 6.92 Å². The van der Waals surface area contributed by atoms with E-state index in [4.69, 9.17) is 0 Å². The Bertz CT molecular complexity index is 644. The molecule has 0 bridgehead atoms. The summed E-state index contributed by atoms with van der Waals surface area (Å²) in [6.07, 6.45) is 7.92. The third-order valence-electron chi connectivity index (χ3n) is 4.46. The molecule has 1 fully saturated rings. The number of aromatic nitrogens is 4. The van der Waals surface area contributed by atoms with Crippen molar-refractivity contribution in [2.45, 2.75) is 32.4 Å². The van der Waals surface area contributed by atoms with Crippen molar-refractivity contribution < 1.29 is 0 Å². The van der Waals surface area contributed by atoms with Gasteiger partial charge in [0.2, 0.25) is 0 Å². The van der Waals surface area contributed by atoms with E-state index in [1.807, 2.05) is 35.9 Å². The Kier molecular flexibility index (Phi) is 5.30. The van der Waals surface area contributed by atoms with Gasteiger partial charge in [0, 0.05) is 52.0 Å². The quantitative estimate of drug-likeness (QED) is 0.869. The summed E-state index contributed by atoms with van der Waals surface area (Å²) in [5.74, 6) is 1.85. The molecule has 0 spiro atoms. The number of nitrogens with one attached hydrogen (secondary N) is 1. The first-order valence-corrected chi connectivity index (χ1v) is 8.57. The van der Waals surface area contributed by atoms with E-state index in [0.717, 1.165) is 50.7 Å². The lowest BCUT2D eigenvalue weighted by Crippen LogP contribution is -2.40. The van der Waals surface area contributed by atoms with E-state index in [2.05, 4.69) is 38.4 Å². The van der Waals surface area contributed by atoms with Crippen LogP contribution >= 0.6 is 0 Å². The molecule has 1 saturated heterocycles. The molecule has 7 heteroatoms. The number of rotatable bonds is 6. The molecule has 3 heterocycles. The van der Waals surface area contributed by atoms with Crippen molar-refractivity contribution in [2.24, 2.45) is 0 Å². The molecule has 1 N–H and O–H groups in total. The highest BCUT2D eigenvalue weighted by Crippen LogP contribution is 2.17. The summed E-state index contributed by atoms with van der Waals surface area (Å²) >= 11 is 0. The number of aryl methyl sites for hydroxylation is 1. The second-order valence-corrected chi connectivity index (χ2v) is 6.70. The summed E-state index contributed by atoms with van der Waals surface area (Å²) in [5, 5.41) is 7.90. The van der Waals surface area contributed by atoms with Gasteiger partial charge in [-0.05, 0) is 25.3 Å². The standard InChI is InChI=1S/C17H27N7/c1-14-11-20-24(12-14)9-8-23-6-4-15(5-7-23)21-16-10-17(22(2)3)19-13-18-16/h10-13,15H,4-9H2,1-3H3,(H,18,19,21). The van der Waals surface area contributed by atoms with Gasteiger partial charge < -0.3 is 15.1 Å². The Morgan fingerprint density at radius 1 is 1.21 bits per heavy atom. The summed E-state index contributed by atoms with van der Waals surface area (Å²) in [6.45, 7) is 6.33. The molecular formula is C17H27N7. The van der Waals surface area contributed by atoms with Crippen molar-refractivity contribution in [3.8, 4) is 0 Å². The lowest BCUT2D eigenvalue weighted by atomic mass is 10.1. The Balaban J connectivity index is 1.44. The molecule has 0 amide bonds. The summed E-state index contributed by atoms with van der Waals surface area (Å²) in [6, 6.07) is 2.49. The van der Waals surface area contributed by atoms with E-state index in [0.29, 0.717) is 6.04 Å². The second-order valence-electron chi connectivity index (χ2n) is 6.70. The largest absolute Gasteiger partial charge is 0.367 e. The van der Waals surface area contributed by atoms with Gasteiger partial charge in [-0.25, -0.2) is 9.97 Å². The van der Waals surface area contributed by atoms with Gasteiger partial charge in [-0.15, -0.1) is 0 Å². The number of anilines is 2. The molecule has 0 aliphatic carbocycles. The molecule has 0 atom stereocenters.